The molecule has 0 spiro atoms. The maximum Gasteiger partial charge on any atom is 0.329 e. The molecule has 7 nitrogen and oxygen atoms in total. The van der Waals surface area contributed by atoms with Gasteiger partial charge in [0.15, 0.2) is 6.61 Å². The number of hydrogen-bond donors (Lipinski definition) is 1. The number of fused-ring (bicyclic) bond motifs is 1. The number of benzene rings is 2. The van der Waals surface area contributed by atoms with Crippen molar-refractivity contribution in [2.75, 3.05) is 6.61 Å². The average Bonchev–Trinajstić information content (AvgIpc) is 2.95. The SMILES string of the molecule is CC(C(=O)OCC(=O)NCc1ccccc1F)N1C(=O)c2ccccc2C1=O. The Morgan fingerprint density at radius 3 is 2.21 bits per heavy atom. The van der Waals surface area contributed by atoms with E-state index in [1.54, 1.807) is 18.2 Å². The van der Waals surface area contributed by atoms with E-state index >= 15 is 0 Å². The first kappa shape index (κ1) is 19.2. The Balaban J connectivity index is 1.54. The minimum absolute atomic E-state index is 0.0585. The molecule has 1 aliphatic heterocycles. The fourth-order valence-electron chi connectivity index (χ4n) is 2.81. The zero-order chi connectivity index (χ0) is 20.3. The second-order valence-corrected chi connectivity index (χ2v) is 6.18. The number of nitrogens with zero attached hydrogens (tertiary/aromatic N) is 1. The van der Waals surface area contributed by atoms with Crippen LogP contribution in [-0.4, -0.2) is 41.2 Å². The van der Waals surface area contributed by atoms with E-state index in [0.717, 1.165) is 4.90 Å². The number of amides is 3. The molecule has 3 amide bonds. The van der Waals surface area contributed by atoms with Gasteiger partial charge in [-0.15, -0.1) is 0 Å². The average molecular weight is 384 g/mol. The lowest BCUT2D eigenvalue weighted by molar-refractivity contribution is -0.151. The lowest BCUT2D eigenvalue weighted by atomic mass is 10.1. The second kappa shape index (κ2) is 7.99. The van der Waals surface area contributed by atoms with Crippen LogP contribution in [0.1, 0.15) is 33.2 Å². The summed E-state index contributed by atoms with van der Waals surface area (Å²) >= 11 is 0. The molecule has 1 aliphatic rings. The van der Waals surface area contributed by atoms with Crippen LogP contribution in [0.5, 0.6) is 0 Å². The highest BCUT2D eigenvalue weighted by atomic mass is 19.1. The number of ether oxygens (including phenoxy) is 1. The molecule has 28 heavy (non-hydrogen) atoms. The Morgan fingerprint density at radius 2 is 1.61 bits per heavy atom. The van der Waals surface area contributed by atoms with Crippen molar-refractivity contribution in [1.82, 2.24) is 10.2 Å². The molecule has 144 valence electrons. The van der Waals surface area contributed by atoms with Crippen molar-refractivity contribution in [1.29, 1.82) is 0 Å². The van der Waals surface area contributed by atoms with Crippen LogP contribution >= 0.6 is 0 Å². The molecule has 1 unspecified atom stereocenters. The molecule has 1 N–H and O–H groups in total. The van der Waals surface area contributed by atoms with Crippen LogP contribution in [0.2, 0.25) is 0 Å². The topological polar surface area (TPSA) is 92.8 Å². The predicted molar refractivity (Wildman–Crippen MR) is 95.6 cm³/mol. The molecule has 0 bridgehead atoms. The maximum absolute atomic E-state index is 13.5. The molecule has 2 aromatic rings. The smallest absolute Gasteiger partial charge is 0.329 e. The van der Waals surface area contributed by atoms with Gasteiger partial charge in [-0.25, -0.2) is 9.18 Å². The van der Waals surface area contributed by atoms with Gasteiger partial charge in [0.1, 0.15) is 11.9 Å². The Kier molecular flexibility index (Phi) is 5.49. The molecule has 3 rings (SSSR count). The fourth-order valence-corrected chi connectivity index (χ4v) is 2.81. The van der Waals surface area contributed by atoms with Gasteiger partial charge in [0.2, 0.25) is 0 Å². The minimum Gasteiger partial charge on any atom is -0.454 e. The second-order valence-electron chi connectivity index (χ2n) is 6.18. The summed E-state index contributed by atoms with van der Waals surface area (Å²) in [5, 5.41) is 2.43. The van der Waals surface area contributed by atoms with Crippen molar-refractivity contribution < 1.29 is 28.3 Å². The third kappa shape index (κ3) is 3.75. The van der Waals surface area contributed by atoms with Crippen LogP contribution in [0.3, 0.4) is 0 Å². The summed E-state index contributed by atoms with van der Waals surface area (Å²) < 4.78 is 18.4. The summed E-state index contributed by atoms with van der Waals surface area (Å²) in [4.78, 5) is 49.6. The van der Waals surface area contributed by atoms with E-state index in [2.05, 4.69) is 5.32 Å². The summed E-state index contributed by atoms with van der Waals surface area (Å²) in [6.07, 6.45) is 0. The highest BCUT2D eigenvalue weighted by molar-refractivity contribution is 6.22. The lowest BCUT2D eigenvalue weighted by Gasteiger charge is -2.20. The van der Waals surface area contributed by atoms with Gasteiger partial charge < -0.3 is 10.1 Å². The van der Waals surface area contributed by atoms with E-state index in [9.17, 15) is 23.6 Å². The number of esters is 1. The van der Waals surface area contributed by atoms with Gasteiger partial charge >= 0.3 is 5.97 Å². The molecule has 0 radical (unpaired) electrons. The first-order valence-corrected chi connectivity index (χ1v) is 8.54. The first-order chi connectivity index (χ1) is 13.4. The Hall–Kier alpha value is -3.55. The number of carbonyl (C=O) groups excluding carboxylic acids is 4. The molecule has 0 aliphatic carbocycles. The van der Waals surface area contributed by atoms with E-state index in [-0.39, 0.29) is 17.7 Å². The molecular formula is C20H17FN2O5. The van der Waals surface area contributed by atoms with Gasteiger partial charge in [0, 0.05) is 12.1 Å². The van der Waals surface area contributed by atoms with Crippen LogP contribution in [0, 0.1) is 5.82 Å². The maximum atomic E-state index is 13.5. The van der Waals surface area contributed by atoms with Gasteiger partial charge in [-0.1, -0.05) is 30.3 Å². The van der Waals surface area contributed by atoms with Crippen LogP contribution < -0.4 is 5.32 Å². The quantitative estimate of drug-likeness (QED) is 0.604. The van der Waals surface area contributed by atoms with E-state index in [4.69, 9.17) is 4.74 Å². The number of rotatable bonds is 6. The molecule has 1 atom stereocenters. The molecule has 0 aromatic heterocycles. The van der Waals surface area contributed by atoms with Gasteiger partial charge in [-0.05, 0) is 25.1 Å². The highest BCUT2D eigenvalue weighted by Crippen LogP contribution is 2.24. The molecular weight excluding hydrogens is 367 g/mol. The Bertz CT molecular complexity index is 924. The van der Waals surface area contributed by atoms with Crippen LogP contribution in [0.15, 0.2) is 48.5 Å². The first-order valence-electron chi connectivity index (χ1n) is 8.54. The van der Waals surface area contributed by atoms with Gasteiger partial charge in [-0.3, -0.25) is 19.3 Å². The minimum atomic E-state index is -1.19. The lowest BCUT2D eigenvalue weighted by Crippen LogP contribution is -2.44. The van der Waals surface area contributed by atoms with Crippen molar-refractivity contribution in [3.8, 4) is 0 Å². The summed E-state index contributed by atoms with van der Waals surface area (Å²) in [5.41, 5.74) is 0.728. The van der Waals surface area contributed by atoms with E-state index in [1.165, 1.54) is 37.3 Å². The standard InChI is InChI=1S/C20H17FN2O5/c1-12(23-18(25)14-7-3-4-8-15(14)19(23)26)20(27)28-11-17(24)22-10-13-6-2-5-9-16(13)21/h2-9,12H,10-11H2,1H3,(H,22,24). The van der Waals surface area contributed by atoms with Crippen molar-refractivity contribution >= 4 is 23.7 Å². The third-order valence-electron chi connectivity index (χ3n) is 4.33. The van der Waals surface area contributed by atoms with Crippen molar-refractivity contribution in [3.05, 3.63) is 71.0 Å². The van der Waals surface area contributed by atoms with Crippen LogP contribution in [-0.2, 0) is 20.9 Å². The Labute approximate surface area is 160 Å². The number of hydrogen-bond acceptors (Lipinski definition) is 5. The summed E-state index contributed by atoms with van der Waals surface area (Å²) in [6, 6.07) is 11.0. The van der Waals surface area contributed by atoms with E-state index in [1.807, 2.05) is 0 Å². The fraction of sp³-hybridized carbons (Fsp3) is 0.200. The van der Waals surface area contributed by atoms with Crippen molar-refractivity contribution in [2.24, 2.45) is 0 Å². The van der Waals surface area contributed by atoms with Gasteiger partial charge in [0.05, 0.1) is 11.1 Å². The Morgan fingerprint density at radius 1 is 1.04 bits per heavy atom. The summed E-state index contributed by atoms with van der Waals surface area (Å²) in [7, 11) is 0. The third-order valence-corrected chi connectivity index (χ3v) is 4.33. The van der Waals surface area contributed by atoms with Gasteiger partial charge in [-0.2, -0.15) is 0 Å². The van der Waals surface area contributed by atoms with Crippen molar-refractivity contribution in [3.63, 3.8) is 0 Å². The molecule has 0 saturated carbocycles. The number of imide groups is 1. The van der Waals surface area contributed by atoms with Crippen LogP contribution in [0.25, 0.3) is 0 Å². The highest BCUT2D eigenvalue weighted by Gasteiger charge is 2.41. The normalized spacial score (nSPS) is 13.9. The van der Waals surface area contributed by atoms with E-state index in [0.29, 0.717) is 5.56 Å². The van der Waals surface area contributed by atoms with Gasteiger partial charge in [0.25, 0.3) is 17.7 Å². The number of halogens is 1. The predicted octanol–water partition coefficient (Wildman–Crippen LogP) is 1.67. The number of carbonyl (C=O) groups is 4. The molecule has 2 aromatic carbocycles. The zero-order valence-electron chi connectivity index (χ0n) is 15.0. The monoisotopic (exact) mass is 384 g/mol. The molecule has 0 saturated heterocycles. The number of nitrogens with one attached hydrogen (secondary N) is 1. The molecule has 8 heteroatoms. The molecule has 1 heterocycles. The molecule has 0 fully saturated rings. The van der Waals surface area contributed by atoms with Crippen molar-refractivity contribution in [2.45, 2.75) is 19.5 Å². The zero-order valence-corrected chi connectivity index (χ0v) is 15.0. The van der Waals surface area contributed by atoms with Crippen LogP contribution in [0.4, 0.5) is 4.39 Å². The van der Waals surface area contributed by atoms with E-state index < -0.39 is 42.2 Å². The summed E-state index contributed by atoms with van der Waals surface area (Å²) in [5.74, 6) is -3.16. The largest absolute Gasteiger partial charge is 0.454 e. The summed E-state index contributed by atoms with van der Waals surface area (Å²) in [6.45, 7) is 0.680.